The van der Waals surface area contributed by atoms with Crippen molar-refractivity contribution in [2.24, 2.45) is 0 Å². The van der Waals surface area contributed by atoms with Crippen molar-refractivity contribution >= 4 is 11.9 Å². The second-order valence-electron chi connectivity index (χ2n) is 10.2. The van der Waals surface area contributed by atoms with Crippen molar-refractivity contribution in [2.75, 3.05) is 18.6 Å². The third kappa shape index (κ3) is 4.52. The van der Waals surface area contributed by atoms with E-state index in [1.54, 1.807) is 40.2 Å². The average Bonchev–Trinajstić information content (AvgIpc) is 3.51. The lowest BCUT2D eigenvalue weighted by Gasteiger charge is -2.41. The van der Waals surface area contributed by atoms with Gasteiger partial charge in [-0.3, -0.25) is 0 Å². The second-order valence-corrected chi connectivity index (χ2v) is 10.2. The molecular weight excluding hydrogens is 477 g/mol. The number of halogens is 1. The smallest absolute Gasteiger partial charge is 0.407 e. The molecule has 11 heteroatoms. The standard InChI is InChI=1S/C26H30FN7O3/c1-32(19-12-17-5-6-18(13-19)34(17)26(35)36)23-10-9-22(30-31-23)21-8-7-20(25(27)29-21)16-14-28-33(15-16)24-4-2-3-11-37-24/h7-10,14-15,17-19,24H,2-6,11-13H2,1H3,(H,35,36)/t17-,18+,19?,24?. The summed E-state index contributed by atoms with van der Waals surface area (Å²) in [4.78, 5) is 19.4. The highest BCUT2D eigenvalue weighted by Crippen LogP contribution is 2.38. The number of carbonyl (C=O) groups is 1. The normalized spacial score (nSPS) is 25.3. The summed E-state index contributed by atoms with van der Waals surface area (Å²) in [6.45, 7) is 0.713. The van der Waals surface area contributed by atoms with E-state index in [-0.39, 0.29) is 24.4 Å². The second kappa shape index (κ2) is 9.70. The molecule has 1 N–H and O–H groups in total. The fourth-order valence-corrected chi connectivity index (χ4v) is 5.97. The number of fused-ring (bicyclic) bond motifs is 2. The maximum atomic E-state index is 15.0. The minimum Gasteiger partial charge on any atom is -0.465 e. The number of ether oxygens (including phenoxy) is 1. The van der Waals surface area contributed by atoms with Crippen LogP contribution in [0.5, 0.6) is 0 Å². The molecule has 194 valence electrons. The predicted molar refractivity (Wildman–Crippen MR) is 133 cm³/mol. The number of hydrogen-bond acceptors (Lipinski definition) is 7. The fraction of sp³-hybridized carbons (Fsp3) is 0.500. The quantitative estimate of drug-likeness (QED) is 0.508. The van der Waals surface area contributed by atoms with Crippen LogP contribution < -0.4 is 4.90 Å². The van der Waals surface area contributed by atoms with Gasteiger partial charge in [0, 0.05) is 49.1 Å². The van der Waals surface area contributed by atoms with Gasteiger partial charge in [0.2, 0.25) is 5.95 Å². The molecule has 3 fully saturated rings. The van der Waals surface area contributed by atoms with Gasteiger partial charge in [0.25, 0.3) is 0 Å². The van der Waals surface area contributed by atoms with Crippen LogP contribution in [0.1, 0.15) is 51.2 Å². The van der Waals surface area contributed by atoms with Gasteiger partial charge in [-0.25, -0.2) is 14.5 Å². The van der Waals surface area contributed by atoms with E-state index in [1.807, 2.05) is 13.1 Å². The van der Waals surface area contributed by atoms with E-state index < -0.39 is 12.0 Å². The molecule has 2 unspecified atom stereocenters. The zero-order valence-electron chi connectivity index (χ0n) is 20.7. The average molecular weight is 508 g/mol. The summed E-state index contributed by atoms with van der Waals surface area (Å²) in [6, 6.07) is 7.39. The van der Waals surface area contributed by atoms with Gasteiger partial charge >= 0.3 is 6.09 Å². The van der Waals surface area contributed by atoms with Gasteiger partial charge in [-0.15, -0.1) is 10.2 Å². The molecule has 3 aliphatic heterocycles. The fourth-order valence-electron chi connectivity index (χ4n) is 5.97. The molecule has 3 saturated heterocycles. The number of piperidine rings is 1. The van der Waals surface area contributed by atoms with Crippen LogP contribution in [0.4, 0.5) is 15.0 Å². The Kier molecular flexibility index (Phi) is 6.23. The van der Waals surface area contributed by atoms with Gasteiger partial charge in [-0.2, -0.15) is 9.49 Å². The molecule has 3 aromatic heterocycles. The van der Waals surface area contributed by atoms with Gasteiger partial charge < -0.3 is 19.6 Å². The number of amides is 1. The first-order chi connectivity index (χ1) is 18.0. The summed E-state index contributed by atoms with van der Waals surface area (Å²) in [6.07, 6.45) is 8.92. The largest absolute Gasteiger partial charge is 0.465 e. The number of nitrogens with zero attached hydrogens (tertiary/aromatic N) is 7. The third-order valence-electron chi connectivity index (χ3n) is 7.96. The van der Waals surface area contributed by atoms with Gasteiger partial charge in [0.1, 0.15) is 11.9 Å². The summed E-state index contributed by atoms with van der Waals surface area (Å²) >= 11 is 0. The number of anilines is 1. The molecule has 3 aliphatic rings. The monoisotopic (exact) mass is 507 g/mol. The Morgan fingerprint density at radius 2 is 1.86 bits per heavy atom. The van der Waals surface area contributed by atoms with E-state index in [4.69, 9.17) is 4.74 Å². The molecule has 1 amide bonds. The number of carboxylic acid groups (broad SMARTS) is 1. The Labute approximate surface area is 214 Å². The van der Waals surface area contributed by atoms with Crippen LogP contribution in [0.25, 0.3) is 22.5 Å². The van der Waals surface area contributed by atoms with Crippen LogP contribution in [0.3, 0.4) is 0 Å². The molecule has 6 heterocycles. The lowest BCUT2D eigenvalue weighted by molar-refractivity contribution is -0.0394. The van der Waals surface area contributed by atoms with Crippen LogP contribution in [0.2, 0.25) is 0 Å². The number of hydrogen-bond donors (Lipinski definition) is 1. The van der Waals surface area contributed by atoms with Gasteiger partial charge in [0.05, 0.1) is 11.9 Å². The molecule has 0 radical (unpaired) electrons. The Balaban J connectivity index is 1.15. The lowest BCUT2D eigenvalue weighted by Crippen LogP contribution is -2.51. The highest BCUT2D eigenvalue weighted by atomic mass is 19.1. The molecule has 4 atom stereocenters. The van der Waals surface area contributed by atoms with Crippen molar-refractivity contribution in [2.45, 2.75) is 69.3 Å². The van der Waals surface area contributed by atoms with Gasteiger partial charge in [-0.05, 0) is 69.2 Å². The molecule has 37 heavy (non-hydrogen) atoms. The lowest BCUT2D eigenvalue weighted by atomic mass is 9.96. The van der Waals surface area contributed by atoms with Crippen molar-refractivity contribution < 1.29 is 19.0 Å². The Morgan fingerprint density at radius 1 is 1.08 bits per heavy atom. The van der Waals surface area contributed by atoms with Crippen LogP contribution in [0, 0.1) is 5.95 Å². The summed E-state index contributed by atoms with van der Waals surface area (Å²) in [5.74, 6) is 0.108. The summed E-state index contributed by atoms with van der Waals surface area (Å²) < 4.78 is 22.5. The maximum absolute atomic E-state index is 15.0. The summed E-state index contributed by atoms with van der Waals surface area (Å²) in [7, 11) is 1.97. The predicted octanol–water partition coefficient (Wildman–Crippen LogP) is 4.35. The Morgan fingerprint density at radius 3 is 2.51 bits per heavy atom. The van der Waals surface area contributed by atoms with Crippen molar-refractivity contribution in [1.82, 2.24) is 29.9 Å². The third-order valence-corrected chi connectivity index (χ3v) is 7.96. The highest BCUT2D eigenvalue weighted by Gasteiger charge is 2.44. The van der Waals surface area contributed by atoms with E-state index in [0.29, 0.717) is 34.9 Å². The Hall–Kier alpha value is -3.60. The first kappa shape index (κ1) is 23.8. The maximum Gasteiger partial charge on any atom is 0.407 e. The molecule has 10 nitrogen and oxygen atoms in total. The molecule has 2 bridgehead atoms. The van der Waals surface area contributed by atoms with E-state index in [0.717, 1.165) is 44.9 Å². The minimum atomic E-state index is -0.824. The van der Waals surface area contributed by atoms with Crippen LogP contribution in [-0.4, -0.2) is 72.8 Å². The molecule has 0 aromatic carbocycles. The van der Waals surface area contributed by atoms with Crippen LogP contribution in [0.15, 0.2) is 36.7 Å². The van der Waals surface area contributed by atoms with Crippen molar-refractivity contribution in [3.8, 4) is 22.5 Å². The molecule has 0 spiro atoms. The van der Waals surface area contributed by atoms with Crippen molar-refractivity contribution in [3.05, 3.63) is 42.6 Å². The van der Waals surface area contributed by atoms with Crippen LogP contribution in [-0.2, 0) is 4.74 Å². The summed E-state index contributed by atoms with van der Waals surface area (Å²) in [5.41, 5.74) is 1.91. The van der Waals surface area contributed by atoms with Gasteiger partial charge in [0.15, 0.2) is 5.82 Å². The first-order valence-corrected chi connectivity index (χ1v) is 12.9. The molecule has 6 rings (SSSR count). The van der Waals surface area contributed by atoms with Gasteiger partial charge in [-0.1, -0.05) is 0 Å². The molecular formula is C26H30FN7O3. The van der Waals surface area contributed by atoms with E-state index >= 15 is 4.39 Å². The summed E-state index contributed by atoms with van der Waals surface area (Å²) in [5, 5.41) is 22.6. The molecule has 0 saturated carbocycles. The molecule has 0 aliphatic carbocycles. The van der Waals surface area contributed by atoms with Crippen molar-refractivity contribution in [1.29, 1.82) is 0 Å². The number of rotatable bonds is 5. The number of aromatic nitrogens is 5. The van der Waals surface area contributed by atoms with E-state index in [2.05, 4.69) is 25.2 Å². The highest BCUT2D eigenvalue weighted by molar-refractivity contribution is 5.67. The van der Waals surface area contributed by atoms with E-state index in [1.165, 1.54) is 0 Å². The first-order valence-electron chi connectivity index (χ1n) is 12.9. The molecule has 3 aromatic rings. The zero-order chi connectivity index (χ0) is 25.5. The van der Waals surface area contributed by atoms with E-state index in [9.17, 15) is 9.90 Å². The zero-order valence-corrected chi connectivity index (χ0v) is 20.7. The van der Waals surface area contributed by atoms with Crippen molar-refractivity contribution in [3.63, 3.8) is 0 Å². The Bertz CT molecular complexity index is 1260. The number of pyridine rings is 1. The van der Waals surface area contributed by atoms with Crippen LogP contribution >= 0.6 is 0 Å². The SMILES string of the molecule is CN(c1ccc(-c2ccc(-c3cnn(C4CCCCO4)c3)c(F)n2)nn1)C1C[C@H]2CC[C@@H](C1)N2C(=O)O. The topological polar surface area (TPSA) is 110 Å². The minimum absolute atomic E-state index is 0.0592.